The summed E-state index contributed by atoms with van der Waals surface area (Å²) in [6.45, 7) is 1.44. The molecule has 0 fully saturated rings. The fourth-order valence-corrected chi connectivity index (χ4v) is 2.40. The van der Waals surface area contributed by atoms with Crippen LogP contribution in [0.1, 0.15) is 43.0 Å². The Labute approximate surface area is 147 Å². The van der Waals surface area contributed by atoms with E-state index in [1.807, 2.05) is 18.2 Å². The standard InChI is InChI=1S/C20H22N2O3/c1-15(23)21-17-11-13-18(14-12-17)22-20(25)10-6-5-9-19(24)16-7-3-2-4-8-16/h2-4,7-8,11-14H,5-6,9-10H2,1H3,(H,21,23)(H,22,25). The van der Waals surface area contributed by atoms with Crippen LogP contribution in [-0.4, -0.2) is 17.6 Å². The molecule has 0 saturated heterocycles. The summed E-state index contributed by atoms with van der Waals surface area (Å²) >= 11 is 0. The molecule has 0 aliphatic carbocycles. The summed E-state index contributed by atoms with van der Waals surface area (Å²) in [5.74, 6) is -0.115. The van der Waals surface area contributed by atoms with Crippen molar-refractivity contribution < 1.29 is 14.4 Å². The maximum Gasteiger partial charge on any atom is 0.224 e. The summed E-state index contributed by atoms with van der Waals surface area (Å²) in [5.41, 5.74) is 2.08. The fraction of sp³-hybridized carbons (Fsp3) is 0.250. The normalized spacial score (nSPS) is 10.1. The molecule has 2 amide bonds. The number of unbranched alkanes of at least 4 members (excludes halogenated alkanes) is 1. The SMILES string of the molecule is CC(=O)Nc1ccc(NC(=O)CCCCC(=O)c2ccccc2)cc1. The summed E-state index contributed by atoms with van der Waals surface area (Å²) in [4.78, 5) is 34.8. The van der Waals surface area contributed by atoms with Crippen molar-refractivity contribution in [1.82, 2.24) is 0 Å². The molecule has 0 aromatic heterocycles. The van der Waals surface area contributed by atoms with Crippen LogP contribution >= 0.6 is 0 Å². The second kappa shape index (κ2) is 9.37. The van der Waals surface area contributed by atoms with Crippen molar-refractivity contribution in [3.05, 3.63) is 60.2 Å². The molecule has 130 valence electrons. The number of amides is 2. The molecule has 0 heterocycles. The maximum atomic E-state index is 12.0. The van der Waals surface area contributed by atoms with Gasteiger partial charge in [-0.05, 0) is 37.1 Å². The molecule has 0 radical (unpaired) electrons. The van der Waals surface area contributed by atoms with E-state index in [0.29, 0.717) is 42.6 Å². The summed E-state index contributed by atoms with van der Waals surface area (Å²) in [6, 6.07) is 16.1. The minimum absolute atomic E-state index is 0.0839. The van der Waals surface area contributed by atoms with Crippen LogP contribution in [0.5, 0.6) is 0 Å². The molecule has 2 aromatic carbocycles. The number of nitrogens with one attached hydrogen (secondary N) is 2. The lowest BCUT2D eigenvalue weighted by atomic mass is 10.0. The highest BCUT2D eigenvalue weighted by Crippen LogP contribution is 2.14. The Morgan fingerprint density at radius 2 is 1.32 bits per heavy atom. The minimum Gasteiger partial charge on any atom is -0.326 e. The molecular weight excluding hydrogens is 316 g/mol. The first-order chi connectivity index (χ1) is 12.0. The Morgan fingerprint density at radius 1 is 0.760 bits per heavy atom. The van der Waals surface area contributed by atoms with E-state index in [1.54, 1.807) is 36.4 Å². The molecule has 0 aliphatic rings. The smallest absolute Gasteiger partial charge is 0.224 e. The third-order valence-corrected chi connectivity index (χ3v) is 3.64. The van der Waals surface area contributed by atoms with Crippen LogP contribution in [0.15, 0.2) is 54.6 Å². The fourth-order valence-electron chi connectivity index (χ4n) is 2.40. The second-order valence-corrected chi connectivity index (χ2v) is 5.80. The Kier molecular flexibility index (Phi) is 6.89. The predicted octanol–water partition coefficient (Wildman–Crippen LogP) is 4.03. The van der Waals surface area contributed by atoms with Crippen molar-refractivity contribution >= 4 is 29.0 Å². The van der Waals surface area contributed by atoms with Crippen molar-refractivity contribution in [2.24, 2.45) is 0 Å². The van der Waals surface area contributed by atoms with E-state index in [2.05, 4.69) is 10.6 Å². The number of anilines is 2. The van der Waals surface area contributed by atoms with Crippen LogP contribution in [0.25, 0.3) is 0 Å². The van der Waals surface area contributed by atoms with Crippen LogP contribution in [0.4, 0.5) is 11.4 Å². The van der Waals surface area contributed by atoms with Crippen LogP contribution in [0.2, 0.25) is 0 Å². The van der Waals surface area contributed by atoms with Crippen LogP contribution in [0.3, 0.4) is 0 Å². The molecule has 0 saturated carbocycles. The number of benzene rings is 2. The minimum atomic E-state index is -0.137. The number of carbonyl (C=O) groups excluding carboxylic acids is 3. The highest BCUT2D eigenvalue weighted by atomic mass is 16.2. The van der Waals surface area contributed by atoms with Gasteiger partial charge in [-0.25, -0.2) is 0 Å². The van der Waals surface area contributed by atoms with Crippen molar-refractivity contribution in [3.63, 3.8) is 0 Å². The van der Waals surface area contributed by atoms with Crippen LogP contribution in [0, 0.1) is 0 Å². The van der Waals surface area contributed by atoms with Crippen LogP contribution in [-0.2, 0) is 9.59 Å². The van der Waals surface area contributed by atoms with Crippen molar-refractivity contribution in [3.8, 4) is 0 Å². The molecule has 2 rings (SSSR count). The number of Topliss-reactive ketones (excluding diaryl/α,β-unsaturated/α-hetero) is 1. The molecule has 0 aliphatic heterocycles. The van der Waals surface area contributed by atoms with Gasteiger partial charge in [0.25, 0.3) is 0 Å². The highest BCUT2D eigenvalue weighted by Gasteiger charge is 2.07. The van der Waals surface area contributed by atoms with Gasteiger partial charge in [0.05, 0.1) is 0 Å². The zero-order valence-electron chi connectivity index (χ0n) is 14.2. The number of ketones is 1. The van der Waals surface area contributed by atoms with E-state index in [1.165, 1.54) is 6.92 Å². The molecule has 5 heteroatoms. The van der Waals surface area contributed by atoms with Gasteiger partial charge in [0.1, 0.15) is 0 Å². The van der Waals surface area contributed by atoms with E-state index >= 15 is 0 Å². The Bertz CT molecular complexity index is 724. The molecule has 2 N–H and O–H groups in total. The van der Waals surface area contributed by atoms with Crippen molar-refractivity contribution in [2.75, 3.05) is 10.6 Å². The number of hydrogen-bond acceptors (Lipinski definition) is 3. The van der Waals surface area contributed by atoms with Gasteiger partial charge < -0.3 is 10.6 Å². The van der Waals surface area contributed by atoms with Gasteiger partial charge in [0, 0.05) is 36.7 Å². The maximum absolute atomic E-state index is 12.0. The monoisotopic (exact) mass is 338 g/mol. The zero-order valence-corrected chi connectivity index (χ0v) is 14.2. The lowest BCUT2D eigenvalue weighted by Crippen LogP contribution is -2.11. The summed E-state index contributed by atoms with van der Waals surface area (Å²) in [5, 5.41) is 5.47. The van der Waals surface area contributed by atoms with E-state index in [-0.39, 0.29) is 17.6 Å². The number of hydrogen-bond donors (Lipinski definition) is 2. The van der Waals surface area contributed by atoms with Gasteiger partial charge >= 0.3 is 0 Å². The highest BCUT2D eigenvalue weighted by molar-refractivity contribution is 5.96. The first kappa shape index (κ1) is 18.4. The third-order valence-electron chi connectivity index (χ3n) is 3.64. The van der Waals surface area contributed by atoms with Crippen molar-refractivity contribution in [2.45, 2.75) is 32.6 Å². The molecule has 0 atom stereocenters. The van der Waals surface area contributed by atoms with Gasteiger partial charge in [-0.15, -0.1) is 0 Å². The average Bonchev–Trinajstić information content (AvgIpc) is 2.60. The molecule has 0 bridgehead atoms. The van der Waals surface area contributed by atoms with E-state index in [4.69, 9.17) is 0 Å². The van der Waals surface area contributed by atoms with E-state index in [0.717, 1.165) is 0 Å². The predicted molar refractivity (Wildman–Crippen MR) is 98.6 cm³/mol. The average molecular weight is 338 g/mol. The quantitative estimate of drug-likeness (QED) is 0.564. The lowest BCUT2D eigenvalue weighted by Gasteiger charge is -2.07. The summed E-state index contributed by atoms with van der Waals surface area (Å²) in [6.07, 6.45) is 2.16. The van der Waals surface area contributed by atoms with E-state index in [9.17, 15) is 14.4 Å². The largest absolute Gasteiger partial charge is 0.326 e. The van der Waals surface area contributed by atoms with Gasteiger partial charge in [-0.3, -0.25) is 14.4 Å². The zero-order chi connectivity index (χ0) is 18.1. The first-order valence-corrected chi connectivity index (χ1v) is 8.30. The summed E-state index contributed by atoms with van der Waals surface area (Å²) < 4.78 is 0. The molecule has 0 spiro atoms. The van der Waals surface area contributed by atoms with E-state index < -0.39 is 0 Å². The Hall–Kier alpha value is -2.95. The molecule has 5 nitrogen and oxygen atoms in total. The number of carbonyl (C=O) groups is 3. The summed E-state index contributed by atoms with van der Waals surface area (Å²) in [7, 11) is 0. The topological polar surface area (TPSA) is 75.3 Å². The van der Waals surface area contributed by atoms with Gasteiger partial charge in [-0.2, -0.15) is 0 Å². The molecule has 25 heavy (non-hydrogen) atoms. The Balaban J connectivity index is 1.68. The molecule has 2 aromatic rings. The number of rotatable bonds is 8. The molecular formula is C20H22N2O3. The van der Waals surface area contributed by atoms with Gasteiger partial charge in [0.15, 0.2) is 5.78 Å². The van der Waals surface area contributed by atoms with Gasteiger partial charge in [0.2, 0.25) is 11.8 Å². The third kappa shape index (κ3) is 6.59. The van der Waals surface area contributed by atoms with Crippen LogP contribution < -0.4 is 10.6 Å². The van der Waals surface area contributed by atoms with Crippen molar-refractivity contribution in [1.29, 1.82) is 0 Å². The molecule has 0 unspecified atom stereocenters. The lowest BCUT2D eigenvalue weighted by molar-refractivity contribution is -0.116. The van der Waals surface area contributed by atoms with Gasteiger partial charge in [-0.1, -0.05) is 30.3 Å². The first-order valence-electron chi connectivity index (χ1n) is 8.30. The second-order valence-electron chi connectivity index (χ2n) is 5.80. The Morgan fingerprint density at radius 3 is 1.92 bits per heavy atom.